The van der Waals surface area contributed by atoms with Gasteiger partial charge in [0, 0.05) is 17.7 Å². The minimum atomic E-state index is -0.319. The van der Waals surface area contributed by atoms with Crippen LogP contribution in [0.15, 0.2) is 48.5 Å². The average Bonchev–Trinajstić information content (AvgIpc) is 3.05. The van der Waals surface area contributed by atoms with Crippen molar-refractivity contribution in [1.82, 2.24) is 14.8 Å². The van der Waals surface area contributed by atoms with Gasteiger partial charge in [-0.15, -0.1) is 5.10 Å². The fourth-order valence-corrected chi connectivity index (χ4v) is 2.82. The Hall–Kier alpha value is -3.22. The standard InChI is InChI=1S/C22H25FN4O2/c1-5-29-21-25-20(15-6-8-16(23)9-7-15)27(26-21)18-12-10-17(11-13-18)24-19(28)14-22(2,3)4/h6-13H,5,14H2,1-4H3,(H,24,28). The highest BCUT2D eigenvalue weighted by molar-refractivity contribution is 5.91. The Morgan fingerprint density at radius 2 is 1.76 bits per heavy atom. The molecule has 1 N–H and O–H groups in total. The van der Waals surface area contributed by atoms with Crippen LogP contribution in [-0.4, -0.2) is 27.3 Å². The van der Waals surface area contributed by atoms with Crippen LogP contribution in [0.3, 0.4) is 0 Å². The van der Waals surface area contributed by atoms with Crippen LogP contribution in [0.25, 0.3) is 17.1 Å². The molecule has 3 aromatic rings. The predicted molar refractivity (Wildman–Crippen MR) is 111 cm³/mol. The van der Waals surface area contributed by atoms with Gasteiger partial charge in [-0.05, 0) is 60.9 Å². The SMILES string of the molecule is CCOc1nc(-c2ccc(F)cc2)n(-c2ccc(NC(=O)CC(C)(C)C)cc2)n1. The van der Waals surface area contributed by atoms with Gasteiger partial charge < -0.3 is 10.1 Å². The van der Waals surface area contributed by atoms with E-state index in [4.69, 9.17) is 4.74 Å². The van der Waals surface area contributed by atoms with E-state index in [9.17, 15) is 9.18 Å². The summed E-state index contributed by atoms with van der Waals surface area (Å²) >= 11 is 0. The van der Waals surface area contributed by atoms with Crippen molar-refractivity contribution in [3.63, 3.8) is 0 Å². The summed E-state index contributed by atoms with van der Waals surface area (Å²) in [6, 6.07) is 13.6. The van der Waals surface area contributed by atoms with E-state index in [0.717, 1.165) is 5.69 Å². The first-order valence-electron chi connectivity index (χ1n) is 9.51. The van der Waals surface area contributed by atoms with E-state index in [0.29, 0.717) is 30.1 Å². The number of nitrogens with one attached hydrogen (secondary N) is 1. The number of amides is 1. The normalized spacial score (nSPS) is 11.3. The first-order valence-corrected chi connectivity index (χ1v) is 9.51. The third-order valence-corrected chi connectivity index (χ3v) is 4.05. The summed E-state index contributed by atoms with van der Waals surface area (Å²) in [6.07, 6.45) is 0.435. The molecule has 1 amide bonds. The van der Waals surface area contributed by atoms with Gasteiger partial charge in [0.05, 0.1) is 12.3 Å². The minimum absolute atomic E-state index is 0.0309. The number of ether oxygens (including phenoxy) is 1. The molecule has 0 aliphatic heterocycles. The fourth-order valence-electron chi connectivity index (χ4n) is 2.82. The minimum Gasteiger partial charge on any atom is -0.463 e. The molecule has 0 radical (unpaired) electrons. The van der Waals surface area contributed by atoms with Crippen LogP contribution >= 0.6 is 0 Å². The number of carbonyl (C=O) groups is 1. The molecule has 0 unspecified atom stereocenters. The lowest BCUT2D eigenvalue weighted by Gasteiger charge is -2.17. The first-order chi connectivity index (χ1) is 13.7. The van der Waals surface area contributed by atoms with Crippen LogP contribution in [0.4, 0.5) is 10.1 Å². The number of nitrogens with zero attached hydrogens (tertiary/aromatic N) is 3. The van der Waals surface area contributed by atoms with Crippen molar-refractivity contribution in [3.8, 4) is 23.1 Å². The summed E-state index contributed by atoms with van der Waals surface area (Å²) in [5, 5.41) is 7.31. The second kappa shape index (κ2) is 8.43. The lowest BCUT2D eigenvalue weighted by molar-refractivity contribution is -0.117. The second-order valence-electron chi connectivity index (χ2n) is 7.90. The van der Waals surface area contributed by atoms with Crippen molar-refractivity contribution < 1.29 is 13.9 Å². The lowest BCUT2D eigenvalue weighted by Crippen LogP contribution is -2.19. The van der Waals surface area contributed by atoms with Crippen molar-refractivity contribution in [2.75, 3.05) is 11.9 Å². The highest BCUT2D eigenvalue weighted by Gasteiger charge is 2.17. The quantitative estimate of drug-likeness (QED) is 0.647. The van der Waals surface area contributed by atoms with E-state index >= 15 is 0 Å². The van der Waals surface area contributed by atoms with Crippen molar-refractivity contribution >= 4 is 11.6 Å². The zero-order valence-electron chi connectivity index (χ0n) is 17.1. The second-order valence-corrected chi connectivity index (χ2v) is 7.90. The highest BCUT2D eigenvalue weighted by atomic mass is 19.1. The Balaban J connectivity index is 1.87. The summed E-state index contributed by atoms with van der Waals surface area (Å²) < 4.78 is 20.4. The van der Waals surface area contributed by atoms with Gasteiger partial charge in [-0.25, -0.2) is 9.07 Å². The zero-order valence-corrected chi connectivity index (χ0v) is 17.1. The molecule has 2 aromatic carbocycles. The average molecular weight is 396 g/mol. The molecule has 1 heterocycles. The Morgan fingerprint density at radius 1 is 1.10 bits per heavy atom. The predicted octanol–water partition coefficient (Wildman–Crippen LogP) is 4.85. The summed E-state index contributed by atoms with van der Waals surface area (Å²) in [6.45, 7) is 8.35. The molecule has 0 bridgehead atoms. The molecule has 29 heavy (non-hydrogen) atoms. The highest BCUT2D eigenvalue weighted by Crippen LogP contribution is 2.25. The van der Waals surface area contributed by atoms with Crippen molar-refractivity contribution in [1.29, 1.82) is 0 Å². The maximum atomic E-state index is 13.3. The molecule has 3 rings (SSSR count). The van der Waals surface area contributed by atoms with Crippen LogP contribution < -0.4 is 10.1 Å². The number of hydrogen-bond donors (Lipinski definition) is 1. The van der Waals surface area contributed by atoms with Crippen molar-refractivity contribution in [2.45, 2.75) is 34.1 Å². The summed E-state index contributed by atoms with van der Waals surface area (Å²) in [7, 11) is 0. The monoisotopic (exact) mass is 396 g/mol. The van der Waals surface area contributed by atoms with Gasteiger partial charge in [0.25, 0.3) is 0 Å². The first kappa shape index (κ1) is 20.5. The number of aromatic nitrogens is 3. The molecule has 6 nitrogen and oxygen atoms in total. The van der Waals surface area contributed by atoms with E-state index in [1.54, 1.807) is 16.8 Å². The summed E-state index contributed by atoms with van der Waals surface area (Å²) in [5.41, 5.74) is 2.09. The van der Waals surface area contributed by atoms with E-state index in [-0.39, 0.29) is 23.1 Å². The molecule has 1 aromatic heterocycles. The van der Waals surface area contributed by atoms with Gasteiger partial charge >= 0.3 is 6.01 Å². The summed E-state index contributed by atoms with van der Waals surface area (Å²) in [5.74, 6) is 0.190. The third-order valence-electron chi connectivity index (χ3n) is 4.05. The Labute approximate surface area is 169 Å². The molecule has 0 aliphatic rings. The van der Waals surface area contributed by atoms with E-state index in [1.165, 1.54) is 12.1 Å². The Morgan fingerprint density at radius 3 is 2.34 bits per heavy atom. The van der Waals surface area contributed by atoms with Crippen molar-refractivity contribution in [3.05, 3.63) is 54.3 Å². The van der Waals surface area contributed by atoms with Gasteiger partial charge in [-0.3, -0.25) is 4.79 Å². The van der Waals surface area contributed by atoms with E-state index in [1.807, 2.05) is 52.0 Å². The van der Waals surface area contributed by atoms with Gasteiger partial charge in [0.1, 0.15) is 5.82 Å². The maximum absolute atomic E-state index is 13.3. The molecular formula is C22H25FN4O2. The number of halogens is 1. The molecule has 152 valence electrons. The van der Waals surface area contributed by atoms with Crippen LogP contribution in [0.5, 0.6) is 6.01 Å². The molecule has 0 spiro atoms. The Bertz CT molecular complexity index is 974. The van der Waals surface area contributed by atoms with Crippen LogP contribution in [0.2, 0.25) is 0 Å². The summed E-state index contributed by atoms with van der Waals surface area (Å²) in [4.78, 5) is 16.6. The molecule has 0 aliphatic carbocycles. The molecule has 0 atom stereocenters. The number of rotatable bonds is 6. The molecule has 0 saturated heterocycles. The van der Waals surface area contributed by atoms with Gasteiger partial charge in [-0.2, -0.15) is 4.98 Å². The number of carbonyl (C=O) groups excluding carboxylic acids is 1. The van der Waals surface area contributed by atoms with E-state index in [2.05, 4.69) is 15.4 Å². The molecule has 7 heteroatoms. The van der Waals surface area contributed by atoms with Gasteiger partial charge in [-0.1, -0.05) is 20.8 Å². The maximum Gasteiger partial charge on any atom is 0.336 e. The van der Waals surface area contributed by atoms with Gasteiger partial charge in [0.15, 0.2) is 5.82 Å². The van der Waals surface area contributed by atoms with Crippen molar-refractivity contribution in [2.24, 2.45) is 5.41 Å². The number of benzene rings is 2. The fraction of sp³-hybridized carbons (Fsp3) is 0.318. The Kier molecular flexibility index (Phi) is 5.96. The number of anilines is 1. The van der Waals surface area contributed by atoms with E-state index < -0.39 is 0 Å². The molecule has 0 fully saturated rings. The van der Waals surface area contributed by atoms with Crippen LogP contribution in [0, 0.1) is 11.2 Å². The molecule has 0 saturated carbocycles. The smallest absolute Gasteiger partial charge is 0.336 e. The van der Waals surface area contributed by atoms with Crippen LogP contribution in [-0.2, 0) is 4.79 Å². The number of hydrogen-bond acceptors (Lipinski definition) is 4. The van der Waals surface area contributed by atoms with Gasteiger partial charge in [0.2, 0.25) is 5.91 Å². The lowest BCUT2D eigenvalue weighted by atomic mass is 9.92. The molecular weight excluding hydrogens is 371 g/mol. The third kappa shape index (κ3) is 5.40. The zero-order chi connectivity index (χ0) is 21.0. The topological polar surface area (TPSA) is 69.0 Å². The largest absolute Gasteiger partial charge is 0.463 e. The van der Waals surface area contributed by atoms with Crippen LogP contribution in [0.1, 0.15) is 34.1 Å².